The molecule has 1 aromatic rings. The van der Waals surface area contributed by atoms with E-state index in [4.69, 9.17) is 21.4 Å². The summed E-state index contributed by atoms with van der Waals surface area (Å²) in [6, 6.07) is 4.41. The number of amides is 1. The molecule has 0 radical (unpaired) electrons. The fraction of sp³-hybridized carbons (Fsp3) is 0.385. The molecule has 1 rings (SSSR count). The third kappa shape index (κ3) is 3.86. The lowest BCUT2D eigenvalue weighted by Gasteiger charge is -2.25. The molecule has 104 valence electrons. The number of carboxylic acid groups (broad SMARTS) is 1. The van der Waals surface area contributed by atoms with E-state index in [0.717, 1.165) is 0 Å². The molecule has 0 fully saturated rings. The van der Waals surface area contributed by atoms with Crippen molar-refractivity contribution in [1.82, 2.24) is 4.90 Å². The Balaban J connectivity index is 3.15. The Labute approximate surface area is 116 Å². The van der Waals surface area contributed by atoms with E-state index in [1.165, 1.54) is 18.1 Å². The van der Waals surface area contributed by atoms with Crippen LogP contribution in [0.2, 0.25) is 5.02 Å². The van der Waals surface area contributed by atoms with E-state index in [9.17, 15) is 9.59 Å². The number of nitrogens with zero attached hydrogens (tertiary/aromatic N) is 1. The van der Waals surface area contributed by atoms with Gasteiger partial charge >= 0.3 is 5.97 Å². The van der Waals surface area contributed by atoms with Crippen LogP contribution in [-0.2, 0) is 4.79 Å². The second-order valence-corrected chi connectivity index (χ2v) is 4.70. The van der Waals surface area contributed by atoms with Gasteiger partial charge in [0, 0.05) is 11.1 Å². The first-order chi connectivity index (χ1) is 8.86. The predicted octanol–water partition coefficient (Wildman–Crippen LogP) is 2.28. The smallest absolute Gasteiger partial charge is 0.323 e. The van der Waals surface area contributed by atoms with Crippen LogP contribution in [0.25, 0.3) is 0 Å². The zero-order chi connectivity index (χ0) is 14.6. The quantitative estimate of drug-likeness (QED) is 0.901. The molecule has 0 aliphatic heterocycles. The monoisotopic (exact) mass is 285 g/mol. The molecule has 0 atom stereocenters. The third-order valence-electron chi connectivity index (χ3n) is 2.58. The highest BCUT2D eigenvalue weighted by Crippen LogP contribution is 2.24. The molecule has 1 amide bonds. The van der Waals surface area contributed by atoms with Gasteiger partial charge in [-0.3, -0.25) is 9.59 Å². The first-order valence-corrected chi connectivity index (χ1v) is 6.11. The second kappa shape index (κ2) is 6.43. The topological polar surface area (TPSA) is 66.8 Å². The number of carbonyl (C=O) groups is 2. The number of hydrogen-bond acceptors (Lipinski definition) is 3. The highest BCUT2D eigenvalue weighted by atomic mass is 35.5. The number of methoxy groups -OCH3 is 1. The van der Waals surface area contributed by atoms with Crippen molar-refractivity contribution in [3.05, 3.63) is 28.8 Å². The number of carboxylic acids is 1. The van der Waals surface area contributed by atoms with Crippen molar-refractivity contribution < 1.29 is 19.4 Å². The van der Waals surface area contributed by atoms with Crippen molar-refractivity contribution in [1.29, 1.82) is 0 Å². The predicted molar refractivity (Wildman–Crippen MR) is 71.8 cm³/mol. The highest BCUT2D eigenvalue weighted by Gasteiger charge is 2.24. The van der Waals surface area contributed by atoms with Crippen LogP contribution in [0.4, 0.5) is 0 Å². The maximum Gasteiger partial charge on any atom is 0.323 e. The van der Waals surface area contributed by atoms with E-state index in [-0.39, 0.29) is 18.2 Å². The average Bonchev–Trinajstić information content (AvgIpc) is 2.34. The van der Waals surface area contributed by atoms with Gasteiger partial charge in [0.05, 0.1) is 12.7 Å². The molecular formula is C13H16ClNO4. The number of carbonyl (C=O) groups excluding carboxylic acids is 1. The minimum Gasteiger partial charge on any atom is -0.496 e. The van der Waals surface area contributed by atoms with Crippen molar-refractivity contribution >= 4 is 23.5 Å². The molecule has 5 nitrogen and oxygen atoms in total. The molecule has 1 N–H and O–H groups in total. The summed E-state index contributed by atoms with van der Waals surface area (Å²) in [6.07, 6.45) is 0. The SMILES string of the molecule is COc1ccc(Cl)cc1C(=O)N(CC(=O)O)C(C)C. The van der Waals surface area contributed by atoms with E-state index in [1.807, 2.05) is 0 Å². The van der Waals surface area contributed by atoms with Crippen LogP contribution in [0.5, 0.6) is 5.75 Å². The number of rotatable bonds is 5. The molecule has 0 unspecified atom stereocenters. The van der Waals surface area contributed by atoms with Gasteiger partial charge in [0.1, 0.15) is 12.3 Å². The molecule has 0 aromatic heterocycles. The molecule has 0 aliphatic carbocycles. The lowest BCUT2D eigenvalue weighted by atomic mass is 10.1. The van der Waals surface area contributed by atoms with Crippen molar-refractivity contribution in [3.8, 4) is 5.75 Å². The van der Waals surface area contributed by atoms with Crippen molar-refractivity contribution in [2.24, 2.45) is 0 Å². The normalized spacial score (nSPS) is 10.4. The van der Waals surface area contributed by atoms with Gasteiger partial charge in [0.2, 0.25) is 0 Å². The zero-order valence-electron chi connectivity index (χ0n) is 11.0. The molecule has 0 aliphatic rings. The third-order valence-corrected chi connectivity index (χ3v) is 2.82. The summed E-state index contributed by atoms with van der Waals surface area (Å²) in [5.74, 6) is -1.12. The van der Waals surface area contributed by atoms with E-state index >= 15 is 0 Å². The van der Waals surface area contributed by atoms with Gasteiger partial charge in [-0.2, -0.15) is 0 Å². The van der Waals surface area contributed by atoms with Crippen molar-refractivity contribution in [2.45, 2.75) is 19.9 Å². The molecular weight excluding hydrogens is 270 g/mol. The lowest BCUT2D eigenvalue weighted by molar-refractivity contribution is -0.138. The van der Waals surface area contributed by atoms with Crippen molar-refractivity contribution in [2.75, 3.05) is 13.7 Å². The van der Waals surface area contributed by atoms with Gasteiger partial charge in [0.25, 0.3) is 5.91 Å². The Morgan fingerprint density at radius 1 is 1.42 bits per heavy atom. The molecule has 0 bridgehead atoms. The number of halogens is 1. The summed E-state index contributed by atoms with van der Waals surface area (Å²) < 4.78 is 5.10. The molecule has 1 aromatic carbocycles. The van der Waals surface area contributed by atoms with Gasteiger partial charge in [-0.15, -0.1) is 0 Å². The Kier molecular flexibility index (Phi) is 5.18. The minimum atomic E-state index is -1.07. The van der Waals surface area contributed by atoms with Gasteiger partial charge in [-0.1, -0.05) is 11.6 Å². The zero-order valence-corrected chi connectivity index (χ0v) is 11.8. The van der Waals surface area contributed by atoms with Gasteiger partial charge < -0.3 is 14.7 Å². The van der Waals surface area contributed by atoms with Crippen molar-refractivity contribution in [3.63, 3.8) is 0 Å². The Bertz CT molecular complexity index is 488. The van der Waals surface area contributed by atoms with Crippen LogP contribution >= 0.6 is 11.6 Å². The van der Waals surface area contributed by atoms with E-state index in [0.29, 0.717) is 10.8 Å². The first kappa shape index (κ1) is 15.3. The van der Waals surface area contributed by atoms with Crippen LogP contribution in [-0.4, -0.2) is 41.6 Å². The second-order valence-electron chi connectivity index (χ2n) is 4.27. The number of hydrogen-bond donors (Lipinski definition) is 1. The van der Waals surface area contributed by atoms with E-state index < -0.39 is 11.9 Å². The van der Waals surface area contributed by atoms with E-state index in [2.05, 4.69) is 0 Å². The summed E-state index contributed by atoms with van der Waals surface area (Å²) in [7, 11) is 1.44. The van der Waals surface area contributed by atoms with Crippen LogP contribution in [0.1, 0.15) is 24.2 Å². The van der Waals surface area contributed by atoms with Gasteiger partial charge in [-0.25, -0.2) is 0 Å². The molecule has 0 heterocycles. The minimum absolute atomic E-state index is 0.243. The Hall–Kier alpha value is -1.75. The Morgan fingerprint density at radius 3 is 2.53 bits per heavy atom. The first-order valence-electron chi connectivity index (χ1n) is 5.73. The summed E-state index contributed by atoms with van der Waals surface area (Å²) in [5.41, 5.74) is 0.255. The average molecular weight is 286 g/mol. The van der Waals surface area contributed by atoms with Gasteiger partial charge in [0.15, 0.2) is 0 Å². The number of aliphatic carboxylic acids is 1. The fourth-order valence-electron chi connectivity index (χ4n) is 1.64. The highest BCUT2D eigenvalue weighted by molar-refractivity contribution is 6.31. The summed E-state index contributed by atoms with van der Waals surface area (Å²) in [4.78, 5) is 24.4. The maximum atomic E-state index is 12.4. The lowest BCUT2D eigenvalue weighted by Crippen LogP contribution is -2.40. The van der Waals surface area contributed by atoms with E-state index in [1.54, 1.807) is 26.0 Å². The largest absolute Gasteiger partial charge is 0.496 e. The fourth-order valence-corrected chi connectivity index (χ4v) is 1.81. The summed E-state index contributed by atoms with van der Waals surface area (Å²) in [6.45, 7) is 3.13. The summed E-state index contributed by atoms with van der Waals surface area (Å²) in [5, 5.41) is 9.25. The molecule has 19 heavy (non-hydrogen) atoms. The van der Waals surface area contributed by atoms with Crippen LogP contribution in [0.15, 0.2) is 18.2 Å². The van der Waals surface area contributed by atoms with Crippen LogP contribution in [0.3, 0.4) is 0 Å². The summed E-state index contributed by atoms with van der Waals surface area (Å²) >= 11 is 5.87. The van der Waals surface area contributed by atoms with Crippen LogP contribution < -0.4 is 4.74 Å². The number of benzene rings is 1. The molecule has 0 saturated carbocycles. The van der Waals surface area contributed by atoms with Gasteiger partial charge in [-0.05, 0) is 32.0 Å². The Morgan fingerprint density at radius 2 is 2.05 bits per heavy atom. The standard InChI is InChI=1S/C13H16ClNO4/c1-8(2)15(7-12(16)17)13(18)10-6-9(14)4-5-11(10)19-3/h4-6,8H,7H2,1-3H3,(H,16,17). The van der Waals surface area contributed by atoms with Crippen LogP contribution in [0, 0.1) is 0 Å². The molecule has 0 saturated heterocycles. The number of ether oxygens (including phenoxy) is 1. The molecule has 0 spiro atoms. The molecule has 6 heteroatoms. The maximum absolute atomic E-state index is 12.4.